The molecule has 2 aromatic carbocycles. The normalized spacial score (nSPS) is 12.2. The van der Waals surface area contributed by atoms with Crippen molar-refractivity contribution in [1.82, 2.24) is 0 Å². The number of hydrogen-bond acceptors (Lipinski definition) is 3. The molecule has 0 N–H and O–H groups in total. The summed E-state index contributed by atoms with van der Waals surface area (Å²) in [5, 5.41) is 1.28. The van der Waals surface area contributed by atoms with Gasteiger partial charge in [-0.05, 0) is 52.4 Å². The summed E-state index contributed by atoms with van der Waals surface area (Å²) in [7, 11) is -1.83. The van der Waals surface area contributed by atoms with Gasteiger partial charge in [0.1, 0.15) is 5.75 Å². The maximum atomic E-state index is 12.2. The van der Waals surface area contributed by atoms with Gasteiger partial charge in [-0.2, -0.15) is 0 Å². The van der Waals surface area contributed by atoms with Crippen LogP contribution in [0, 0.1) is 0 Å². The van der Waals surface area contributed by atoms with Crippen LogP contribution in [0.2, 0.25) is 0 Å². The second kappa shape index (κ2) is 6.41. The van der Waals surface area contributed by atoms with Gasteiger partial charge < -0.3 is 4.74 Å². The van der Waals surface area contributed by atoms with Crippen LogP contribution in [0.4, 0.5) is 0 Å². The molecule has 0 aliphatic carbocycles. The van der Waals surface area contributed by atoms with Gasteiger partial charge in [0.2, 0.25) is 9.84 Å². The van der Waals surface area contributed by atoms with Gasteiger partial charge in [-0.1, -0.05) is 30.3 Å². The molecule has 0 radical (unpaired) electrons. The maximum Gasteiger partial charge on any atom is 0.200 e. The Hall–Kier alpha value is -1.34. The van der Waals surface area contributed by atoms with E-state index in [0.717, 1.165) is 11.3 Å². The molecule has 0 saturated carbocycles. The second-order valence-corrected chi connectivity index (χ2v) is 7.01. The van der Waals surface area contributed by atoms with Crippen LogP contribution in [0.1, 0.15) is 5.56 Å². The van der Waals surface area contributed by atoms with Crippen LogP contribution in [0.3, 0.4) is 0 Å². The van der Waals surface area contributed by atoms with Gasteiger partial charge in [-0.15, -0.1) is 0 Å². The number of hydrogen-bond donors (Lipinski definition) is 0. The molecular formula is C15H13IO3S. The number of ether oxygens (including phenoxy) is 1. The monoisotopic (exact) mass is 400 g/mol. The molecule has 104 valence electrons. The molecule has 0 aliphatic heterocycles. The Morgan fingerprint density at radius 3 is 2.20 bits per heavy atom. The predicted octanol–water partition coefficient (Wildman–Crippen LogP) is 3.90. The highest BCUT2D eigenvalue weighted by atomic mass is 127. The van der Waals surface area contributed by atoms with Gasteiger partial charge in [0, 0.05) is 8.99 Å². The van der Waals surface area contributed by atoms with Crippen molar-refractivity contribution in [2.45, 2.75) is 4.90 Å². The first kappa shape index (κ1) is 15.1. The molecule has 3 nitrogen and oxygen atoms in total. The maximum absolute atomic E-state index is 12.2. The van der Waals surface area contributed by atoms with E-state index < -0.39 is 9.84 Å². The van der Waals surface area contributed by atoms with E-state index in [-0.39, 0.29) is 0 Å². The summed E-state index contributed by atoms with van der Waals surface area (Å²) >= 11 is 2.02. The van der Waals surface area contributed by atoms with Crippen molar-refractivity contribution >= 4 is 36.0 Å². The Bertz CT molecular complexity index is 705. The highest BCUT2D eigenvalue weighted by Crippen LogP contribution is 2.27. The summed E-state index contributed by atoms with van der Waals surface area (Å²) in [6.07, 6.45) is 0. The Kier molecular flexibility index (Phi) is 4.82. The average molecular weight is 400 g/mol. The number of methoxy groups -OCH3 is 1. The molecule has 0 spiro atoms. The van der Waals surface area contributed by atoms with Crippen LogP contribution in [-0.4, -0.2) is 15.5 Å². The fraction of sp³-hybridized carbons (Fsp3) is 0.0667. The van der Waals surface area contributed by atoms with E-state index in [2.05, 4.69) is 0 Å². The smallest absolute Gasteiger partial charge is 0.200 e. The molecule has 0 aliphatic rings. The third-order valence-electron chi connectivity index (χ3n) is 2.70. The summed E-state index contributed by atoms with van der Waals surface area (Å²) in [6, 6.07) is 15.6. The number of benzene rings is 2. The van der Waals surface area contributed by atoms with Crippen molar-refractivity contribution in [1.29, 1.82) is 0 Å². The molecule has 20 heavy (non-hydrogen) atoms. The first-order valence-corrected chi connectivity index (χ1v) is 8.47. The summed E-state index contributed by atoms with van der Waals surface area (Å²) in [6.45, 7) is 0. The minimum Gasteiger partial charge on any atom is -0.497 e. The molecule has 0 amide bonds. The molecule has 2 rings (SSSR count). The van der Waals surface area contributed by atoms with Crippen LogP contribution in [-0.2, 0) is 9.84 Å². The first-order chi connectivity index (χ1) is 9.53. The molecule has 0 heterocycles. The van der Waals surface area contributed by atoms with Crippen LogP contribution >= 0.6 is 22.6 Å². The van der Waals surface area contributed by atoms with E-state index in [1.165, 1.54) is 5.41 Å². The van der Waals surface area contributed by atoms with Crippen molar-refractivity contribution in [2.75, 3.05) is 7.11 Å². The van der Waals surface area contributed by atoms with Crippen LogP contribution in [0.15, 0.2) is 64.9 Å². The number of halogens is 1. The van der Waals surface area contributed by atoms with Crippen molar-refractivity contribution in [2.24, 2.45) is 0 Å². The van der Waals surface area contributed by atoms with Gasteiger partial charge in [-0.3, -0.25) is 0 Å². The van der Waals surface area contributed by atoms with E-state index in [0.29, 0.717) is 8.48 Å². The predicted molar refractivity (Wildman–Crippen MR) is 88.6 cm³/mol. The van der Waals surface area contributed by atoms with Gasteiger partial charge in [-0.25, -0.2) is 8.42 Å². The molecule has 0 bridgehead atoms. The molecule has 5 heteroatoms. The Morgan fingerprint density at radius 1 is 1.05 bits per heavy atom. The van der Waals surface area contributed by atoms with Crippen molar-refractivity contribution < 1.29 is 13.2 Å². The van der Waals surface area contributed by atoms with Crippen LogP contribution in [0.25, 0.3) is 3.58 Å². The lowest BCUT2D eigenvalue weighted by atomic mass is 10.2. The number of sulfone groups is 1. The van der Waals surface area contributed by atoms with Crippen LogP contribution < -0.4 is 4.74 Å². The molecule has 0 aromatic heterocycles. The molecule has 0 unspecified atom stereocenters. The molecular weight excluding hydrogens is 387 g/mol. The summed E-state index contributed by atoms with van der Waals surface area (Å²) in [5.41, 5.74) is 0.839. The highest BCUT2D eigenvalue weighted by Gasteiger charge is 2.12. The quantitative estimate of drug-likeness (QED) is 0.732. The van der Waals surface area contributed by atoms with Crippen molar-refractivity contribution in [3.8, 4) is 5.75 Å². The lowest BCUT2D eigenvalue weighted by Crippen LogP contribution is -1.96. The fourth-order valence-electron chi connectivity index (χ4n) is 1.63. The zero-order valence-corrected chi connectivity index (χ0v) is 13.8. The average Bonchev–Trinajstić information content (AvgIpc) is 2.48. The van der Waals surface area contributed by atoms with Crippen molar-refractivity contribution in [3.05, 3.63) is 65.6 Å². The minimum absolute atomic E-state index is 0.294. The molecule has 0 saturated heterocycles. The van der Waals surface area contributed by atoms with Gasteiger partial charge in [0.15, 0.2) is 0 Å². The molecule has 0 fully saturated rings. The number of rotatable bonds is 4. The lowest BCUT2D eigenvalue weighted by Gasteiger charge is -2.04. The van der Waals surface area contributed by atoms with Gasteiger partial charge in [0.25, 0.3) is 0 Å². The summed E-state index contributed by atoms with van der Waals surface area (Å²) in [4.78, 5) is 0.294. The highest BCUT2D eigenvalue weighted by molar-refractivity contribution is 14.1. The first-order valence-electron chi connectivity index (χ1n) is 5.85. The third-order valence-corrected chi connectivity index (χ3v) is 5.53. The van der Waals surface area contributed by atoms with E-state index in [9.17, 15) is 8.42 Å². The van der Waals surface area contributed by atoms with Gasteiger partial charge >= 0.3 is 0 Å². The van der Waals surface area contributed by atoms with Crippen LogP contribution in [0.5, 0.6) is 5.75 Å². The topological polar surface area (TPSA) is 43.4 Å². The van der Waals surface area contributed by atoms with E-state index in [1.807, 2.05) is 34.7 Å². The Labute approximate surface area is 132 Å². The fourth-order valence-corrected chi connectivity index (χ4v) is 4.08. The molecule has 2 aromatic rings. The summed E-state index contributed by atoms with van der Waals surface area (Å²) < 4.78 is 30.2. The SMILES string of the molecule is COc1ccc(/C(I)=C\S(=O)(=O)c2ccccc2)cc1. The van der Waals surface area contributed by atoms with Crippen molar-refractivity contribution in [3.63, 3.8) is 0 Å². The van der Waals surface area contributed by atoms with E-state index in [4.69, 9.17) is 4.74 Å². The van der Waals surface area contributed by atoms with E-state index >= 15 is 0 Å². The Morgan fingerprint density at radius 2 is 1.65 bits per heavy atom. The summed E-state index contributed by atoms with van der Waals surface area (Å²) in [5.74, 6) is 0.740. The van der Waals surface area contributed by atoms with Gasteiger partial charge in [0.05, 0.1) is 12.0 Å². The lowest BCUT2D eigenvalue weighted by molar-refractivity contribution is 0.415. The zero-order valence-electron chi connectivity index (χ0n) is 10.8. The Balaban J connectivity index is 2.34. The minimum atomic E-state index is -3.42. The van der Waals surface area contributed by atoms with E-state index in [1.54, 1.807) is 49.6 Å². The second-order valence-electron chi connectivity index (χ2n) is 4.05. The zero-order chi connectivity index (χ0) is 14.6. The largest absolute Gasteiger partial charge is 0.497 e. The third kappa shape index (κ3) is 3.61. The standard InChI is InChI=1S/C15H13IO3S/c1-19-13-9-7-12(8-10-13)15(16)11-20(17,18)14-5-3-2-4-6-14/h2-11H,1H3/b15-11+. The molecule has 0 atom stereocenters.